The molecule has 2 fully saturated rings. The van der Waals surface area contributed by atoms with Gasteiger partial charge < -0.3 is 15.4 Å². The van der Waals surface area contributed by atoms with Gasteiger partial charge in [-0.15, -0.1) is 0 Å². The van der Waals surface area contributed by atoms with Gasteiger partial charge in [0.2, 0.25) is 0 Å². The number of nitrogens with zero attached hydrogens (tertiary/aromatic N) is 1. The zero-order chi connectivity index (χ0) is 18.6. The van der Waals surface area contributed by atoms with Crippen LogP contribution in [-0.2, 0) is 16.4 Å². The van der Waals surface area contributed by atoms with Gasteiger partial charge in [-0.1, -0.05) is 18.2 Å². The number of hydrogen-bond donors (Lipinski definition) is 2. The van der Waals surface area contributed by atoms with Crippen LogP contribution in [0.2, 0.25) is 0 Å². The molecule has 0 unspecified atom stereocenters. The monoisotopic (exact) mass is 379 g/mol. The van der Waals surface area contributed by atoms with Crippen LogP contribution in [0.15, 0.2) is 29.3 Å². The van der Waals surface area contributed by atoms with Crippen LogP contribution in [-0.4, -0.2) is 46.6 Å². The SMILES string of the molecule is CN=C(NCc1ccccc1OCC1CC1)NCC1(CS(C)(=O)=O)CC1. The largest absolute Gasteiger partial charge is 0.493 e. The van der Waals surface area contributed by atoms with Gasteiger partial charge >= 0.3 is 0 Å². The van der Waals surface area contributed by atoms with E-state index in [4.69, 9.17) is 4.74 Å². The van der Waals surface area contributed by atoms with Gasteiger partial charge in [-0.25, -0.2) is 8.42 Å². The van der Waals surface area contributed by atoms with Crippen molar-refractivity contribution in [1.29, 1.82) is 0 Å². The lowest BCUT2D eigenvalue weighted by atomic mass is 10.1. The molecule has 1 aromatic carbocycles. The number of hydrogen-bond acceptors (Lipinski definition) is 4. The van der Waals surface area contributed by atoms with Crippen molar-refractivity contribution in [2.75, 3.05) is 32.2 Å². The van der Waals surface area contributed by atoms with Gasteiger partial charge in [0.05, 0.1) is 12.4 Å². The lowest BCUT2D eigenvalue weighted by molar-refractivity contribution is 0.296. The van der Waals surface area contributed by atoms with Crippen molar-refractivity contribution in [3.8, 4) is 5.75 Å². The van der Waals surface area contributed by atoms with E-state index in [1.165, 1.54) is 19.1 Å². The van der Waals surface area contributed by atoms with Crippen LogP contribution < -0.4 is 15.4 Å². The minimum absolute atomic E-state index is 0.128. The van der Waals surface area contributed by atoms with E-state index < -0.39 is 9.84 Å². The smallest absolute Gasteiger partial charge is 0.191 e. The van der Waals surface area contributed by atoms with Crippen molar-refractivity contribution in [3.63, 3.8) is 0 Å². The van der Waals surface area contributed by atoms with Crippen molar-refractivity contribution in [2.24, 2.45) is 16.3 Å². The van der Waals surface area contributed by atoms with Crippen LogP contribution in [0.1, 0.15) is 31.2 Å². The van der Waals surface area contributed by atoms with Crippen LogP contribution in [0.25, 0.3) is 0 Å². The molecule has 0 amide bonds. The number of benzene rings is 1. The minimum atomic E-state index is -2.96. The summed E-state index contributed by atoms with van der Waals surface area (Å²) in [5.41, 5.74) is 0.963. The highest BCUT2D eigenvalue weighted by Gasteiger charge is 2.45. The summed E-state index contributed by atoms with van der Waals surface area (Å²) in [6.45, 7) is 2.02. The first-order valence-electron chi connectivity index (χ1n) is 9.22. The fourth-order valence-corrected chi connectivity index (χ4v) is 4.56. The number of rotatable bonds is 9. The van der Waals surface area contributed by atoms with Gasteiger partial charge in [0.1, 0.15) is 15.6 Å². The highest BCUT2D eigenvalue weighted by atomic mass is 32.2. The molecule has 3 rings (SSSR count). The van der Waals surface area contributed by atoms with Gasteiger partial charge in [0, 0.05) is 37.4 Å². The third kappa shape index (κ3) is 5.90. The summed E-state index contributed by atoms with van der Waals surface area (Å²) in [6, 6.07) is 8.04. The summed E-state index contributed by atoms with van der Waals surface area (Å²) in [5.74, 6) is 2.55. The highest BCUT2D eigenvalue weighted by molar-refractivity contribution is 7.90. The summed E-state index contributed by atoms with van der Waals surface area (Å²) in [6.07, 6.45) is 5.74. The zero-order valence-electron chi connectivity index (χ0n) is 15.6. The number of sulfone groups is 1. The van der Waals surface area contributed by atoms with E-state index >= 15 is 0 Å². The Bertz CT molecular complexity index is 753. The molecule has 7 heteroatoms. The average molecular weight is 380 g/mol. The fourth-order valence-electron chi connectivity index (χ4n) is 3.06. The second-order valence-corrected chi connectivity index (χ2v) is 9.85. The summed E-state index contributed by atoms with van der Waals surface area (Å²) in [5, 5.41) is 6.58. The second-order valence-electron chi connectivity index (χ2n) is 7.71. The first kappa shape index (κ1) is 19.0. The average Bonchev–Trinajstić information content (AvgIpc) is 3.50. The highest BCUT2D eigenvalue weighted by Crippen LogP contribution is 2.46. The molecule has 144 valence electrons. The molecule has 26 heavy (non-hydrogen) atoms. The Balaban J connectivity index is 1.50. The number of para-hydroxylation sites is 1. The molecule has 0 aliphatic heterocycles. The van der Waals surface area contributed by atoms with Gasteiger partial charge in [-0.3, -0.25) is 4.99 Å². The molecule has 0 saturated heterocycles. The number of nitrogens with one attached hydrogen (secondary N) is 2. The van der Waals surface area contributed by atoms with E-state index in [2.05, 4.69) is 21.7 Å². The summed E-state index contributed by atoms with van der Waals surface area (Å²) < 4.78 is 29.1. The molecule has 0 spiro atoms. The molecule has 2 aliphatic rings. The predicted octanol–water partition coefficient (Wildman–Crippen LogP) is 1.97. The Morgan fingerprint density at radius 3 is 2.62 bits per heavy atom. The van der Waals surface area contributed by atoms with Gasteiger partial charge in [-0.2, -0.15) is 0 Å². The minimum Gasteiger partial charge on any atom is -0.493 e. The van der Waals surface area contributed by atoms with Crippen LogP contribution in [0, 0.1) is 11.3 Å². The third-order valence-corrected chi connectivity index (χ3v) is 6.11. The molecule has 0 aromatic heterocycles. The Morgan fingerprint density at radius 1 is 1.27 bits per heavy atom. The first-order chi connectivity index (χ1) is 12.4. The summed E-state index contributed by atoms with van der Waals surface area (Å²) in [7, 11) is -1.24. The van der Waals surface area contributed by atoms with Gasteiger partial charge in [0.15, 0.2) is 5.96 Å². The topological polar surface area (TPSA) is 79.8 Å². The van der Waals surface area contributed by atoms with Crippen LogP contribution >= 0.6 is 0 Å². The van der Waals surface area contributed by atoms with Crippen molar-refractivity contribution >= 4 is 15.8 Å². The molecule has 0 bridgehead atoms. The van der Waals surface area contributed by atoms with Crippen LogP contribution in [0.4, 0.5) is 0 Å². The number of guanidine groups is 1. The Labute approximate surface area is 156 Å². The first-order valence-corrected chi connectivity index (χ1v) is 11.3. The van der Waals surface area contributed by atoms with E-state index in [-0.39, 0.29) is 11.2 Å². The Hall–Kier alpha value is -1.76. The van der Waals surface area contributed by atoms with Crippen LogP contribution in [0.3, 0.4) is 0 Å². The van der Waals surface area contributed by atoms with Gasteiger partial charge in [0.25, 0.3) is 0 Å². The van der Waals surface area contributed by atoms with E-state index in [1.54, 1.807) is 7.05 Å². The number of ether oxygens (including phenoxy) is 1. The molecule has 6 nitrogen and oxygen atoms in total. The standard InChI is InChI=1S/C19H29N3O3S/c1-20-18(22-13-19(9-10-19)14-26(2,23)24)21-11-16-5-3-4-6-17(16)25-12-15-7-8-15/h3-6,15H,7-14H2,1-2H3,(H2,20,21,22). The molecule has 0 radical (unpaired) electrons. The molecule has 0 heterocycles. The van der Waals surface area contributed by atoms with E-state index in [0.29, 0.717) is 19.0 Å². The molecular weight excluding hydrogens is 350 g/mol. The molecule has 0 atom stereocenters. The Morgan fingerprint density at radius 2 is 2.00 bits per heavy atom. The molecular formula is C19H29N3O3S. The third-order valence-electron chi connectivity index (χ3n) is 4.97. The maximum atomic E-state index is 11.6. The normalized spacial score (nSPS) is 19.1. The van der Waals surface area contributed by atoms with E-state index in [0.717, 1.165) is 36.7 Å². The lowest BCUT2D eigenvalue weighted by Crippen LogP contribution is -2.41. The van der Waals surface area contributed by atoms with Gasteiger partial charge in [-0.05, 0) is 37.7 Å². The summed E-state index contributed by atoms with van der Waals surface area (Å²) >= 11 is 0. The summed E-state index contributed by atoms with van der Waals surface area (Å²) in [4.78, 5) is 4.25. The lowest BCUT2D eigenvalue weighted by Gasteiger charge is -2.18. The molecule has 2 aliphatic carbocycles. The molecule has 2 N–H and O–H groups in total. The van der Waals surface area contributed by atoms with E-state index in [1.807, 2.05) is 18.2 Å². The Kier molecular flexibility index (Phi) is 5.75. The zero-order valence-corrected chi connectivity index (χ0v) is 16.4. The molecule has 1 aromatic rings. The van der Waals surface area contributed by atoms with Crippen LogP contribution in [0.5, 0.6) is 5.75 Å². The second kappa shape index (κ2) is 7.86. The fraction of sp³-hybridized carbons (Fsp3) is 0.632. The maximum absolute atomic E-state index is 11.6. The number of aliphatic imine (C=N–C) groups is 1. The van der Waals surface area contributed by atoms with E-state index in [9.17, 15) is 8.42 Å². The van der Waals surface area contributed by atoms with Crippen molar-refractivity contribution in [2.45, 2.75) is 32.2 Å². The quantitative estimate of drug-likeness (QED) is 0.506. The molecule has 2 saturated carbocycles. The van der Waals surface area contributed by atoms with Crippen molar-refractivity contribution in [1.82, 2.24) is 10.6 Å². The van der Waals surface area contributed by atoms with Crippen molar-refractivity contribution < 1.29 is 13.2 Å². The predicted molar refractivity (Wildman–Crippen MR) is 104 cm³/mol. The maximum Gasteiger partial charge on any atom is 0.191 e. The van der Waals surface area contributed by atoms with Crippen molar-refractivity contribution in [3.05, 3.63) is 29.8 Å².